The number of carbonyl (C=O) groups is 1. The van der Waals surface area contributed by atoms with E-state index in [1.54, 1.807) is 0 Å². The third-order valence-corrected chi connectivity index (χ3v) is 4.41. The molecule has 0 heterocycles. The van der Waals surface area contributed by atoms with Gasteiger partial charge in [-0.15, -0.1) is 0 Å². The Hall–Kier alpha value is -0.770. The first-order chi connectivity index (χ1) is 10.4. The van der Waals surface area contributed by atoms with E-state index in [0.29, 0.717) is 18.6 Å². The van der Waals surface area contributed by atoms with E-state index in [1.165, 1.54) is 32.1 Å². The molecule has 0 bridgehead atoms. The number of rotatable bonds is 7. The van der Waals surface area contributed by atoms with E-state index in [4.69, 9.17) is 4.74 Å². The molecule has 2 N–H and O–H groups in total. The Labute approximate surface area is 136 Å². The molecule has 4 nitrogen and oxygen atoms in total. The molecule has 1 aliphatic carbocycles. The highest BCUT2D eigenvalue weighted by Gasteiger charge is 2.26. The second-order valence-electron chi connectivity index (χ2n) is 7.59. The Balaban J connectivity index is 2.45. The number of ether oxygens (including phenoxy) is 1. The van der Waals surface area contributed by atoms with E-state index >= 15 is 0 Å². The fraction of sp³-hybridized carbons (Fsp3) is 0.944. The molecular formula is C18H36N2O2. The highest BCUT2D eigenvalue weighted by Crippen LogP contribution is 2.27. The molecule has 3 atom stereocenters. The standard InChI is InChI=1S/C18H36N2O2/c1-6-10-15(13-19-17(21)22-18(3,4)5)20-16-12-9-8-11-14(16)7-2/h14-16,20H,6-13H2,1-5H3,(H,19,21). The summed E-state index contributed by atoms with van der Waals surface area (Å²) >= 11 is 0. The van der Waals surface area contributed by atoms with Gasteiger partial charge in [-0.25, -0.2) is 4.79 Å². The maximum Gasteiger partial charge on any atom is 0.407 e. The van der Waals surface area contributed by atoms with Crippen LogP contribution in [0.5, 0.6) is 0 Å². The van der Waals surface area contributed by atoms with Gasteiger partial charge in [0.1, 0.15) is 5.60 Å². The highest BCUT2D eigenvalue weighted by atomic mass is 16.6. The lowest BCUT2D eigenvalue weighted by atomic mass is 9.82. The fourth-order valence-corrected chi connectivity index (χ4v) is 3.33. The molecule has 0 aromatic carbocycles. The summed E-state index contributed by atoms with van der Waals surface area (Å²) < 4.78 is 5.32. The van der Waals surface area contributed by atoms with Crippen LogP contribution in [0.4, 0.5) is 4.79 Å². The zero-order valence-corrected chi connectivity index (χ0v) is 15.2. The lowest BCUT2D eigenvalue weighted by Crippen LogP contribution is -2.49. The van der Waals surface area contributed by atoms with Gasteiger partial charge in [0.25, 0.3) is 0 Å². The van der Waals surface area contributed by atoms with Crippen LogP contribution in [0.2, 0.25) is 0 Å². The lowest BCUT2D eigenvalue weighted by Gasteiger charge is -2.35. The molecule has 4 heteroatoms. The van der Waals surface area contributed by atoms with Gasteiger partial charge in [0.15, 0.2) is 0 Å². The van der Waals surface area contributed by atoms with E-state index in [-0.39, 0.29) is 6.09 Å². The van der Waals surface area contributed by atoms with Crippen LogP contribution in [0.25, 0.3) is 0 Å². The third kappa shape index (κ3) is 7.48. The molecular weight excluding hydrogens is 276 g/mol. The number of amides is 1. The van der Waals surface area contributed by atoms with Crippen LogP contribution >= 0.6 is 0 Å². The van der Waals surface area contributed by atoms with E-state index in [0.717, 1.165) is 18.8 Å². The Morgan fingerprint density at radius 2 is 1.91 bits per heavy atom. The first-order valence-corrected chi connectivity index (χ1v) is 9.08. The topological polar surface area (TPSA) is 50.4 Å². The van der Waals surface area contributed by atoms with Crippen LogP contribution < -0.4 is 10.6 Å². The predicted molar refractivity (Wildman–Crippen MR) is 92.1 cm³/mol. The summed E-state index contributed by atoms with van der Waals surface area (Å²) in [4.78, 5) is 11.8. The highest BCUT2D eigenvalue weighted by molar-refractivity contribution is 5.67. The van der Waals surface area contributed by atoms with Crippen molar-refractivity contribution in [2.75, 3.05) is 6.54 Å². The molecule has 1 rings (SSSR count). The van der Waals surface area contributed by atoms with Gasteiger partial charge in [-0.05, 0) is 46.0 Å². The second kappa shape index (κ2) is 9.39. The van der Waals surface area contributed by atoms with Crippen LogP contribution in [0, 0.1) is 5.92 Å². The number of carbonyl (C=O) groups excluding carboxylic acids is 1. The van der Waals surface area contributed by atoms with Gasteiger partial charge in [0, 0.05) is 18.6 Å². The van der Waals surface area contributed by atoms with Crippen LogP contribution in [0.3, 0.4) is 0 Å². The summed E-state index contributed by atoms with van der Waals surface area (Å²) in [6, 6.07) is 0.949. The van der Waals surface area contributed by atoms with Crippen molar-refractivity contribution < 1.29 is 9.53 Å². The van der Waals surface area contributed by atoms with Gasteiger partial charge in [-0.3, -0.25) is 0 Å². The van der Waals surface area contributed by atoms with Crippen molar-refractivity contribution in [1.29, 1.82) is 0 Å². The van der Waals surface area contributed by atoms with Crippen LogP contribution in [0.1, 0.15) is 79.6 Å². The lowest BCUT2D eigenvalue weighted by molar-refractivity contribution is 0.0519. The van der Waals surface area contributed by atoms with E-state index < -0.39 is 5.60 Å². The largest absolute Gasteiger partial charge is 0.444 e. The van der Waals surface area contributed by atoms with Crippen molar-refractivity contribution in [1.82, 2.24) is 10.6 Å². The number of nitrogens with one attached hydrogen (secondary N) is 2. The average molecular weight is 312 g/mol. The Bertz CT molecular complexity index is 326. The Kier molecular flexibility index (Phi) is 8.23. The van der Waals surface area contributed by atoms with Crippen LogP contribution in [0.15, 0.2) is 0 Å². The Morgan fingerprint density at radius 3 is 2.50 bits per heavy atom. The molecule has 0 saturated heterocycles. The van der Waals surface area contributed by atoms with Gasteiger partial charge in [-0.1, -0.05) is 39.5 Å². The van der Waals surface area contributed by atoms with Gasteiger partial charge in [0.05, 0.1) is 0 Å². The monoisotopic (exact) mass is 312 g/mol. The molecule has 0 spiro atoms. The summed E-state index contributed by atoms with van der Waals surface area (Å²) in [5.41, 5.74) is -0.436. The van der Waals surface area contributed by atoms with Crippen molar-refractivity contribution in [3.63, 3.8) is 0 Å². The SMILES string of the molecule is CCCC(CNC(=O)OC(C)(C)C)NC1CCCCC1CC. The maximum atomic E-state index is 11.8. The summed E-state index contributed by atoms with van der Waals surface area (Å²) in [7, 11) is 0. The van der Waals surface area contributed by atoms with E-state index in [9.17, 15) is 4.79 Å². The summed E-state index contributed by atoms with van der Waals surface area (Å²) in [6.07, 6.45) is 8.44. The summed E-state index contributed by atoms with van der Waals surface area (Å²) in [6.45, 7) is 10.8. The molecule has 0 aliphatic heterocycles. The minimum Gasteiger partial charge on any atom is -0.444 e. The molecule has 1 saturated carbocycles. The minimum atomic E-state index is -0.436. The quantitative estimate of drug-likeness (QED) is 0.739. The Morgan fingerprint density at radius 1 is 1.23 bits per heavy atom. The smallest absolute Gasteiger partial charge is 0.407 e. The number of hydrogen-bond acceptors (Lipinski definition) is 3. The van der Waals surface area contributed by atoms with Crippen LogP contribution in [-0.4, -0.2) is 30.3 Å². The van der Waals surface area contributed by atoms with Crippen LogP contribution in [-0.2, 0) is 4.74 Å². The second-order valence-corrected chi connectivity index (χ2v) is 7.59. The average Bonchev–Trinajstić information content (AvgIpc) is 2.44. The normalized spacial score (nSPS) is 23.9. The molecule has 3 unspecified atom stereocenters. The van der Waals surface area contributed by atoms with Gasteiger partial charge in [0.2, 0.25) is 0 Å². The van der Waals surface area contributed by atoms with Gasteiger partial charge in [-0.2, -0.15) is 0 Å². The molecule has 130 valence electrons. The van der Waals surface area contributed by atoms with Crippen molar-refractivity contribution in [2.45, 2.75) is 97.2 Å². The van der Waals surface area contributed by atoms with E-state index in [1.807, 2.05) is 20.8 Å². The fourth-order valence-electron chi connectivity index (χ4n) is 3.33. The van der Waals surface area contributed by atoms with Crippen molar-refractivity contribution in [2.24, 2.45) is 5.92 Å². The molecule has 1 fully saturated rings. The summed E-state index contributed by atoms with van der Waals surface area (Å²) in [5.74, 6) is 0.787. The van der Waals surface area contributed by atoms with Gasteiger partial charge < -0.3 is 15.4 Å². The van der Waals surface area contributed by atoms with Crippen molar-refractivity contribution in [3.8, 4) is 0 Å². The first kappa shape index (κ1) is 19.3. The third-order valence-electron chi connectivity index (χ3n) is 4.41. The molecule has 1 aliphatic rings. The zero-order chi connectivity index (χ0) is 16.6. The molecule has 0 aromatic rings. The van der Waals surface area contributed by atoms with Crippen molar-refractivity contribution in [3.05, 3.63) is 0 Å². The van der Waals surface area contributed by atoms with E-state index in [2.05, 4.69) is 24.5 Å². The number of alkyl carbamates (subject to hydrolysis) is 1. The summed E-state index contributed by atoms with van der Waals surface area (Å²) in [5, 5.41) is 6.73. The maximum absolute atomic E-state index is 11.8. The predicted octanol–water partition coefficient (Wildman–Crippen LogP) is 4.24. The number of hydrogen-bond donors (Lipinski definition) is 2. The molecule has 0 aromatic heterocycles. The molecule has 1 amide bonds. The minimum absolute atomic E-state index is 0.314. The molecule has 0 radical (unpaired) electrons. The first-order valence-electron chi connectivity index (χ1n) is 9.08. The van der Waals surface area contributed by atoms with Gasteiger partial charge >= 0.3 is 6.09 Å². The molecule has 22 heavy (non-hydrogen) atoms. The van der Waals surface area contributed by atoms with Crippen molar-refractivity contribution >= 4 is 6.09 Å². The zero-order valence-electron chi connectivity index (χ0n) is 15.2.